The van der Waals surface area contributed by atoms with E-state index in [0.29, 0.717) is 0 Å². The van der Waals surface area contributed by atoms with E-state index >= 15 is 0 Å². The summed E-state index contributed by atoms with van der Waals surface area (Å²) in [6.07, 6.45) is -4.56. The monoisotopic (exact) mass is 281 g/mol. The van der Waals surface area contributed by atoms with Gasteiger partial charge in [-0.3, -0.25) is 4.79 Å². The molecule has 1 unspecified atom stereocenters. The Hall–Kier alpha value is -1.43. The van der Waals surface area contributed by atoms with Crippen molar-refractivity contribution in [2.75, 3.05) is 12.4 Å². The maximum atomic E-state index is 12.7. The Morgan fingerprint density at radius 1 is 1.44 bits per heavy atom. The topological polar surface area (TPSA) is 38.3 Å². The van der Waals surface area contributed by atoms with Crippen LogP contribution in [0, 0.1) is 0 Å². The lowest BCUT2D eigenvalue weighted by Gasteiger charge is -2.14. The molecule has 0 saturated heterocycles. The highest BCUT2D eigenvalue weighted by Gasteiger charge is 2.34. The molecule has 1 amide bonds. The molecule has 0 saturated carbocycles. The molecule has 1 aromatic rings. The summed E-state index contributed by atoms with van der Waals surface area (Å²) in [5, 5.41) is 1.45. The lowest BCUT2D eigenvalue weighted by molar-refractivity contribution is -0.138. The molecule has 7 heteroatoms. The number of alkyl halides is 4. The zero-order chi connectivity index (χ0) is 13.9. The molecular weight excluding hydrogens is 271 g/mol. The molecule has 0 spiro atoms. The van der Waals surface area contributed by atoms with E-state index in [9.17, 15) is 18.0 Å². The Kier molecular flexibility index (Phi) is 4.45. The van der Waals surface area contributed by atoms with Gasteiger partial charge < -0.3 is 10.1 Å². The fourth-order valence-corrected chi connectivity index (χ4v) is 1.30. The number of hydrogen-bond donors (Lipinski definition) is 1. The van der Waals surface area contributed by atoms with Crippen LogP contribution in [-0.2, 0) is 11.0 Å². The minimum atomic E-state index is -4.56. The largest absolute Gasteiger partial charge is 0.496 e. The maximum absolute atomic E-state index is 12.7. The van der Waals surface area contributed by atoms with E-state index in [1.807, 2.05) is 0 Å². The van der Waals surface area contributed by atoms with Crippen molar-refractivity contribution in [2.45, 2.75) is 18.5 Å². The highest BCUT2D eigenvalue weighted by molar-refractivity contribution is 6.32. The number of hydrogen-bond acceptors (Lipinski definition) is 2. The summed E-state index contributed by atoms with van der Waals surface area (Å²) in [5.74, 6) is -0.880. The van der Waals surface area contributed by atoms with Crippen molar-refractivity contribution in [1.82, 2.24) is 0 Å². The number of carbonyl (C=O) groups is 1. The van der Waals surface area contributed by atoms with Crippen LogP contribution in [0.15, 0.2) is 18.2 Å². The summed E-state index contributed by atoms with van der Waals surface area (Å²) >= 11 is 5.51. The van der Waals surface area contributed by atoms with Crippen molar-refractivity contribution in [3.05, 3.63) is 23.8 Å². The van der Waals surface area contributed by atoms with Crippen LogP contribution in [0.1, 0.15) is 12.5 Å². The minimum absolute atomic E-state index is 0.0145. The third-order valence-corrected chi connectivity index (χ3v) is 2.33. The predicted octanol–water partition coefficient (Wildman–Crippen LogP) is 3.28. The Bertz CT molecular complexity index is 446. The fourth-order valence-electron chi connectivity index (χ4n) is 1.25. The van der Waals surface area contributed by atoms with Gasteiger partial charge in [-0.2, -0.15) is 13.2 Å². The molecular formula is C11H11ClF3NO2. The van der Waals surface area contributed by atoms with E-state index in [1.165, 1.54) is 13.0 Å². The quantitative estimate of drug-likeness (QED) is 0.864. The minimum Gasteiger partial charge on any atom is -0.496 e. The first kappa shape index (κ1) is 14.6. The molecule has 0 aliphatic carbocycles. The number of ether oxygens (including phenoxy) is 1. The average molecular weight is 282 g/mol. The summed E-state index contributed by atoms with van der Waals surface area (Å²) < 4.78 is 42.7. The molecule has 0 radical (unpaired) electrons. The number of halogens is 4. The average Bonchev–Trinajstić information content (AvgIpc) is 2.27. The van der Waals surface area contributed by atoms with E-state index in [0.717, 1.165) is 19.2 Å². The van der Waals surface area contributed by atoms with Crippen LogP contribution in [0.2, 0.25) is 0 Å². The van der Waals surface area contributed by atoms with Gasteiger partial charge in [0, 0.05) is 5.69 Å². The van der Waals surface area contributed by atoms with Crippen LogP contribution in [0.4, 0.5) is 18.9 Å². The highest BCUT2D eigenvalue weighted by atomic mass is 35.5. The fraction of sp³-hybridized carbons (Fsp3) is 0.364. The van der Waals surface area contributed by atoms with Crippen LogP contribution >= 0.6 is 11.6 Å². The maximum Gasteiger partial charge on any atom is 0.420 e. The van der Waals surface area contributed by atoms with Crippen molar-refractivity contribution in [1.29, 1.82) is 0 Å². The van der Waals surface area contributed by atoms with Crippen LogP contribution in [0.5, 0.6) is 5.75 Å². The van der Waals surface area contributed by atoms with Gasteiger partial charge >= 0.3 is 6.18 Å². The van der Waals surface area contributed by atoms with Crippen LogP contribution in [0.25, 0.3) is 0 Å². The number of anilines is 1. The normalized spacial score (nSPS) is 13.0. The van der Waals surface area contributed by atoms with Crippen molar-refractivity contribution in [2.24, 2.45) is 0 Å². The van der Waals surface area contributed by atoms with E-state index < -0.39 is 23.0 Å². The van der Waals surface area contributed by atoms with Crippen molar-refractivity contribution in [3.63, 3.8) is 0 Å². The second-order valence-electron chi connectivity index (χ2n) is 3.52. The van der Waals surface area contributed by atoms with E-state index in [2.05, 4.69) is 10.1 Å². The number of methoxy groups -OCH3 is 1. The lowest BCUT2D eigenvalue weighted by atomic mass is 10.1. The van der Waals surface area contributed by atoms with Crippen molar-refractivity contribution >= 4 is 23.2 Å². The predicted molar refractivity (Wildman–Crippen MR) is 61.9 cm³/mol. The van der Waals surface area contributed by atoms with E-state index in [1.54, 1.807) is 0 Å². The molecule has 0 heterocycles. The summed E-state index contributed by atoms with van der Waals surface area (Å²) in [4.78, 5) is 11.3. The van der Waals surface area contributed by atoms with Gasteiger partial charge in [-0.25, -0.2) is 0 Å². The first-order valence-corrected chi connectivity index (χ1v) is 5.39. The summed E-state index contributed by atoms with van der Waals surface area (Å²) in [6, 6.07) is 3.25. The summed E-state index contributed by atoms with van der Waals surface area (Å²) in [5.41, 5.74) is -0.939. The number of nitrogens with one attached hydrogen (secondary N) is 1. The molecule has 0 fully saturated rings. The number of rotatable bonds is 3. The van der Waals surface area contributed by atoms with Gasteiger partial charge in [0.2, 0.25) is 5.91 Å². The van der Waals surface area contributed by atoms with Gasteiger partial charge in [0.15, 0.2) is 0 Å². The Morgan fingerprint density at radius 3 is 2.50 bits per heavy atom. The molecule has 100 valence electrons. The first-order valence-electron chi connectivity index (χ1n) is 4.96. The number of benzene rings is 1. The van der Waals surface area contributed by atoms with Crippen LogP contribution in [-0.4, -0.2) is 18.4 Å². The Balaban J connectivity index is 3.08. The number of amides is 1. The zero-order valence-corrected chi connectivity index (χ0v) is 10.4. The molecule has 1 atom stereocenters. The second kappa shape index (κ2) is 5.48. The molecule has 1 aromatic carbocycles. The van der Waals surface area contributed by atoms with Gasteiger partial charge in [-0.15, -0.1) is 11.6 Å². The molecule has 0 aliphatic heterocycles. The standard InChI is InChI=1S/C11H11ClF3NO2/c1-6(12)10(17)16-7-3-4-9(18-2)8(5-7)11(13,14)15/h3-6H,1-2H3,(H,16,17). The van der Waals surface area contributed by atoms with Gasteiger partial charge in [-0.05, 0) is 25.1 Å². The smallest absolute Gasteiger partial charge is 0.420 e. The third-order valence-electron chi connectivity index (χ3n) is 2.13. The van der Waals surface area contributed by atoms with Gasteiger partial charge in [0.05, 0.1) is 12.7 Å². The van der Waals surface area contributed by atoms with Crippen molar-refractivity contribution in [3.8, 4) is 5.75 Å². The van der Waals surface area contributed by atoms with Gasteiger partial charge in [-0.1, -0.05) is 0 Å². The molecule has 0 aromatic heterocycles. The third kappa shape index (κ3) is 3.53. The van der Waals surface area contributed by atoms with Crippen molar-refractivity contribution < 1.29 is 22.7 Å². The Morgan fingerprint density at radius 2 is 2.06 bits per heavy atom. The van der Waals surface area contributed by atoms with E-state index in [-0.39, 0.29) is 11.4 Å². The summed E-state index contributed by atoms with van der Waals surface area (Å²) in [7, 11) is 1.14. The first-order chi connectivity index (χ1) is 8.25. The molecule has 1 N–H and O–H groups in total. The van der Waals surface area contributed by atoms with Crippen LogP contribution < -0.4 is 10.1 Å². The molecule has 0 bridgehead atoms. The lowest BCUT2D eigenvalue weighted by Crippen LogP contribution is -2.20. The molecule has 3 nitrogen and oxygen atoms in total. The second-order valence-corrected chi connectivity index (χ2v) is 4.17. The Labute approximate surface area is 107 Å². The van der Waals surface area contributed by atoms with Gasteiger partial charge in [0.1, 0.15) is 11.1 Å². The molecule has 0 aliphatic rings. The van der Waals surface area contributed by atoms with E-state index in [4.69, 9.17) is 11.6 Å². The zero-order valence-electron chi connectivity index (χ0n) is 9.64. The molecule has 1 rings (SSSR count). The summed E-state index contributed by atoms with van der Waals surface area (Å²) in [6.45, 7) is 1.42. The SMILES string of the molecule is COc1ccc(NC(=O)C(C)Cl)cc1C(F)(F)F. The van der Waals surface area contributed by atoms with Gasteiger partial charge in [0.25, 0.3) is 0 Å². The molecule has 18 heavy (non-hydrogen) atoms. The highest BCUT2D eigenvalue weighted by Crippen LogP contribution is 2.37. The number of carbonyl (C=O) groups excluding carboxylic acids is 1. The van der Waals surface area contributed by atoms with Crippen LogP contribution in [0.3, 0.4) is 0 Å².